The Morgan fingerprint density at radius 3 is 2.80 bits per heavy atom. The molecule has 3 heteroatoms. The highest BCUT2D eigenvalue weighted by Gasteiger charge is 2.23. The Hall–Kier alpha value is -1.22. The molecule has 3 nitrogen and oxygen atoms in total. The predicted molar refractivity (Wildman–Crippen MR) is 82.2 cm³/mol. The van der Waals surface area contributed by atoms with E-state index in [1.165, 1.54) is 24.8 Å². The monoisotopic (exact) mass is 277 g/mol. The molecule has 0 bridgehead atoms. The molecule has 1 aromatic carbocycles. The van der Waals surface area contributed by atoms with Crippen LogP contribution < -0.4 is 4.74 Å². The van der Waals surface area contributed by atoms with Crippen molar-refractivity contribution < 1.29 is 9.84 Å². The molecule has 1 saturated heterocycles. The lowest BCUT2D eigenvalue weighted by atomic mass is 9.85. The summed E-state index contributed by atoms with van der Waals surface area (Å²) in [6, 6.07) is 5.70. The Morgan fingerprint density at radius 2 is 2.05 bits per heavy atom. The summed E-state index contributed by atoms with van der Waals surface area (Å²) in [5.74, 6) is 0.827. The molecule has 1 fully saturated rings. The first-order valence-corrected chi connectivity index (χ1v) is 7.67. The molecule has 0 aliphatic carbocycles. The van der Waals surface area contributed by atoms with Gasteiger partial charge in [-0.05, 0) is 62.4 Å². The Kier molecular flexibility index (Phi) is 4.92. The van der Waals surface area contributed by atoms with Crippen LogP contribution in [-0.4, -0.2) is 29.7 Å². The normalized spacial score (nSPS) is 19.6. The molecule has 0 spiro atoms. The van der Waals surface area contributed by atoms with E-state index in [4.69, 9.17) is 4.74 Å². The van der Waals surface area contributed by atoms with E-state index in [1.54, 1.807) is 6.07 Å². The number of aromatic hydroxyl groups is 1. The highest BCUT2D eigenvalue weighted by atomic mass is 16.5. The van der Waals surface area contributed by atoms with E-state index < -0.39 is 0 Å². The molecular weight excluding hydrogens is 250 g/mol. The summed E-state index contributed by atoms with van der Waals surface area (Å²) in [6.45, 7) is 10.5. The van der Waals surface area contributed by atoms with Gasteiger partial charge in [-0.1, -0.05) is 19.9 Å². The molecule has 1 aliphatic rings. The Balaban J connectivity index is 2.01. The SMILES string of the molecule is CCOc1cc(CN2CCCC(C)(C)CC2)ccc1O. The minimum atomic E-state index is 0.229. The van der Waals surface area contributed by atoms with Crippen LogP contribution in [0, 0.1) is 5.41 Å². The van der Waals surface area contributed by atoms with Gasteiger partial charge in [-0.25, -0.2) is 0 Å². The van der Waals surface area contributed by atoms with Gasteiger partial charge in [0.1, 0.15) is 0 Å². The first-order chi connectivity index (χ1) is 9.50. The highest BCUT2D eigenvalue weighted by molar-refractivity contribution is 5.41. The van der Waals surface area contributed by atoms with Crippen LogP contribution in [0.4, 0.5) is 0 Å². The molecule has 0 saturated carbocycles. The molecule has 20 heavy (non-hydrogen) atoms. The number of likely N-dealkylation sites (tertiary alicyclic amines) is 1. The van der Waals surface area contributed by atoms with Gasteiger partial charge in [-0.15, -0.1) is 0 Å². The first-order valence-electron chi connectivity index (χ1n) is 7.67. The van der Waals surface area contributed by atoms with Crippen LogP contribution >= 0.6 is 0 Å². The minimum absolute atomic E-state index is 0.229. The second-order valence-electron chi connectivity index (χ2n) is 6.53. The van der Waals surface area contributed by atoms with Crippen molar-refractivity contribution in [3.8, 4) is 11.5 Å². The second-order valence-corrected chi connectivity index (χ2v) is 6.53. The smallest absolute Gasteiger partial charge is 0.161 e. The number of rotatable bonds is 4. The highest BCUT2D eigenvalue weighted by Crippen LogP contribution is 2.31. The fraction of sp³-hybridized carbons (Fsp3) is 0.647. The van der Waals surface area contributed by atoms with Gasteiger partial charge in [0.15, 0.2) is 11.5 Å². The van der Waals surface area contributed by atoms with E-state index in [1.807, 2.05) is 19.1 Å². The maximum atomic E-state index is 9.75. The molecule has 1 aliphatic heterocycles. The summed E-state index contributed by atoms with van der Waals surface area (Å²) in [6.07, 6.45) is 3.83. The van der Waals surface area contributed by atoms with Crippen molar-refractivity contribution in [1.29, 1.82) is 0 Å². The number of hydrogen-bond acceptors (Lipinski definition) is 3. The average molecular weight is 277 g/mol. The number of hydrogen-bond donors (Lipinski definition) is 1. The van der Waals surface area contributed by atoms with E-state index in [-0.39, 0.29) is 5.75 Å². The van der Waals surface area contributed by atoms with Crippen molar-refractivity contribution in [2.75, 3.05) is 19.7 Å². The Bertz CT molecular complexity index is 443. The van der Waals surface area contributed by atoms with E-state index in [2.05, 4.69) is 18.7 Å². The number of phenols is 1. The standard InChI is InChI=1S/C17H27NO2/c1-4-20-16-12-14(6-7-15(16)19)13-18-10-5-8-17(2,3)9-11-18/h6-7,12,19H,4-5,8-11,13H2,1-3H3. The van der Waals surface area contributed by atoms with E-state index in [0.29, 0.717) is 17.8 Å². The lowest BCUT2D eigenvalue weighted by molar-refractivity contribution is 0.255. The Labute approximate surface area is 122 Å². The van der Waals surface area contributed by atoms with Gasteiger partial charge in [0, 0.05) is 6.54 Å². The number of benzene rings is 1. The summed E-state index contributed by atoms with van der Waals surface area (Å²) < 4.78 is 5.46. The van der Waals surface area contributed by atoms with E-state index >= 15 is 0 Å². The number of ether oxygens (including phenoxy) is 1. The maximum Gasteiger partial charge on any atom is 0.161 e. The van der Waals surface area contributed by atoms with Gasteiger partial charge in [0.25, 0.3) is 0 Å². The van der Waals surface area contributed by atoms with Gasteiger partial charge in [-0.2, -0.15) is 0 Å². The van der Waals surface area contributed by atoms with Crippen LogP contribution in [0.2, 0.25) is 0 Å². The molecule has 0 unspecified atom stereocenters. The van der Waals surface area contributed by atoms with Crippen LogP contribution in [-0.2, 0) is 6.54 Å². The summed E-state index contributed by atoms with van der Waals surface area (Å²) in [5, 5.41) is 9.75. The first kappa shape index (κ1) is 15.2. The van der Waals surface area contributed by atoms with Crippen molar-refractivity contribution in [1.82, 2.24) is 4.90 Å². The zero-order valence-corrected chi connectivity index (χ0v) is 13.0. The average Bonchev–Trinajstić information content (AvgIpc) is 2.55. The van der Waals surface area contributed by atoms with Crippen molar-refractivity contribution in [2.24, 2.45) is 5.41 Å². The molecule has 2 rings (SSSR count). The van der Waals surface area contributed by atoms with Gasteiger partial charge >= 0.3 is 0 Å². The van der Waals surface area contributed by atoms with Crippen LogP contribution in [0.1, 0.15) is 45.6 Å². The molecule has 112 valence electrons. The third-order valence-corrected chi connectivity index (χ3v) is 4.16. The van der Waals surface area contributed by atoms with E-state index in [9.17, 15) is 5.11 Å². The third kappa shape index (κ3) is 4.14. The molecular formula is C17H27NO2. The second kappa shape index (κ2) is 6.49. The maximum absolute atomic E-state index is 9.75. The molecule has 1 N–H and O–H groups in total. The summed E-state index contributed by atoms with van der Waals surface area (Å²) in [7, 11) is 0. The third-order valence-electron chi connectivity index (χ3n) is 4.16. The van der Waals surface area contributed by atoms with Crippen LogP contribution in [0.3, 0.4) is 0 Å². The van der Waals surface area contributed by atoms with Gasteiger partial charge in [0.05, 0.1) is 6.61 Å². The Morgan fingerprint density at radius 1 is 1.25 bits per heavy atom. The van der Waals surface area contributed by atoms with Crippen molar-refractivity contribution in [3.63, 3.8) is 0 Å². The summed E-state index contributed by atoms with van der Waals surface area (Å²) in [5.41, 5.74) is 1.69. The number of phenolic OH excluding ortho intramolecular Hbond substituents is 1. The fourth-order valence-electron chi connectivity index (χ4n) is 2.82. The lowest BCUT2D eigenvalue weighted by Gasteiger charge is -2.23. The molecule has 1 aromatic rings. The lowest BCUT2D eigenvalue weighted by Crippen LogP contribution is -2.25. The zero-order chi connectivity index (χ0) is 14.6. The zero-order valence-electron chi connectivity index (χ0n) is 13.0. The van der Waals surface area contributed by atoms with Gasteiger partial charge in [-0.3, -0.25) is 4.90 Å². The summed E-state index contributed by atoms with van der Waals surface area (Å²) in [4.78, 5) is 2.51. The van der Waals surface area contributed by atoms with E-state index in [0.717, 1.165) is 19.6 Å². The fourth-order valence-corrected chi connectivity index (χ4v) is 2.82. The summed E-state index contributed by atoms with van der Waals surface area (Å²) >= 11 is 0. The van der Waals surface area contributed by atoms with Gasteiger partial charge < -0.3 is 9.84 Å². The minimum Gasteiger partial charge on any atom is -0.504 e. The van der Waals surface area contributed by atoms with Gasteiger partial charge in [0.2, 0.25) is 0 Å². The van der Waals surface area contributed by atoms with Crippen molar-refractivity contribution in [2.45, 2.75) is 46.6 Å². The van der Waals surface area contributed by atoms with Crippen LogP contribution in [0.15, 0.2) is 18.2 Å². The topological polar surface area (TPSA) is 32.7 Å². The largest absolute Gasteiger partial charge is 0.504 e. The van der Waals surface area contributed by atoms with Crippen molar-refractivity contribution in [3.05, 3.63) is 23.8 Å². The molecule has 0 atom stereocenters. The molecule has 1 heterocycles. The molecule has 0 radical (unpaired) electrons. The molecule has 0 amide bonds. The molecule has 0 aromatic heterocycles. The predicted octanol–water partition coefficient (Wildman–Crippen LogP) is 3.80. The van der Waals surface area contributed by atoms with Crippen LogP contribution in [0.5, 0.6) is 11.5 Å². The van der Waals surface area contributed by atoms with Crippen LogP contribution in [0.25, 0.3) is 0 Å². The quantitative estimate of drug-likeness (QED) is 0.908. The van der Waals surface area contributed by atoms with Crippen molar-refractivity contribution >= 4 is 0 Å². The number of nitrogens with zero attached hydrogens (tertiary/aromatic N) is 1.